The molecule has 0 radical (unpaired) electrons. The molecular weight excluding hydrogens is 534 g/mol. The Balaban J connectivity index is 1.39. The Labute approximate surface area is 230 Å². The van der Waals surface area contributed by atoms with E-state index >= 15 is 0 Å². The molecule has 10 heteroatoms. The van der Waals surface area contributed by atoms with Crippen LogP contribution in [0.2, 0.25) is 0 Å². The molecule has 4 rings (SSSR count). The molecule has 0 unspecified atom stereocenters. The molecule has 1 saturated heterocycles. The van der Waals surface area contributed by atoms with Crippen molar-refractivity contribution in [1.29, 1.82) is 0 Å². The minimum atomic E-state index is -4.85. The summed E-state index contributed by atoms with van der Waals surface area (Å²) in [6, 6.07) is 19.6. The summed E-state index contributed by atoms with van der Waals surface area (Å²) in [4.78, 5) is 4.15. The van der Waals surface area contributed by atoms with E-state index in [1.165, 1.54) is 0 Å². The van der Waals surface area contributed by atoms with E-state index in [9.17, 15) is 26.3 Å². The number of nitrogens with zero attached hydrogens (tertiary/aromatic N) is 2. The average Bonchev–Trinajstić information content (AvgIpc) is 2.93. The van der Waals surface area contributed by atoms with Crippen LogP contribution in [0.25, 0.3) is 0 Å². The number of hydrogen-bond acceptors (Lipinski definition) is 4. The van der Waals surface area contributed by atoms with Gasteiger partial charge in [0.2, 0.25) is 0 Å². The van der Waals surface area contributed by atoms with Crippen molar-refractivity contribution in [2.24, 2.45) is 0 Å². The van der Waals surface area contributed by atoms with Crippen LogP contribution in [0.4, 0.5) is 32.0 Å². The van der Waals surface area contributed by atoms with Gasteiger partial charge in [0.25, 0.3) is 0 Å². The van der Waals surface area contributed by atoms with Crippen LogP contribution in [0.15, 0.2) is 72.8 Å². The molecule has 0 N–H and O–H groups in total. The van der Waals surface area contributed by atoms with E-state index in [2.05, 4.69) is 4.90 Å². The number of rotatable bonds is 10. The minimum Gasteiger partial charge on any atom is -0.489 e. The van der Waals surface area contributed by atoms with Crippen LogP contribution >= 0.6 is 0 Å². The predicted octanol–water partition coefficient (Wildman–Crippen LogP) is 7.42. The zero-order valence-corrected chi connectivity index (χ0v) is 22.1. The molecule has 40 heavy (non-hydrogen) atoms. The number of alkyl halides is 6. The van der Waals surface area contributed by atoms with Gasteiger partial charge in [0, 0.05) is 45.0 Å². The number of piperidine rings is 1. The van der Waals surface area contributed by atoms with Crippen LogP contribution < -0.4 is 9.64 Å². The van der Waals surface area contributed by atoms with Crippen molar-refractivity contribution < 1.29 is 35.8 Å². The third-order valence-electron chi connectivity index (χ3n) is 7.00. The molecule has 216 valence electrons. The maximum atomic E-state index is 13.3. The number of likely N-dealkylation sites (tertiary alicyclic amines) is 1. The van der Waals surface area contributed by atoms with Crippen LogP contribution in [-0.4, -0.2) is 44.3 Å². The van der Waals surface area contributed by atoms with E-state index in [1.54, 1.807) is 7.11 Å². The molecule has 1 aliphatic heterocycles. The van der Waals surface area contributed by atoms with Crippen molar-refractivity contribution in [2.45, 2.75) is 44.4 Å². The van der Waals surface area contributed by atoms with Gasteiger partial charge in [0.05, 0.1) is 17.7 Å². The first-order valence-electron chi connectivity index (χ1n) is 13.1. The average molecular weight is 567 g/mol. The second kappa shape index (κ2) is 13.0. The van der Waals surface area contributed by atoms with Gasteiger partial charge in [-0.05, 0) is 66.4 Å². The Morgan fingerprint density at radius 1 is 0.800 bits per heavy atom. The third-order valence-corrected chi connectivity index (χ3v) is 7.00. The summed E-state index contributed by atoms with van der Waals surface area (Å²) in [6.07, 6.45) is -8.29. The fourth-order valence-corrected chi connectivity index (χ4v) is 4.94. The van der Waals surface area contributed by atoms with Gasteiger partial charge >= 0.3 is 12.4 Å². The van der Waals surface area contributed by atoms with Crippen molar-refractivity contribution in [1.82, 2.24) is 4.90 Å². The normalized spacial score (nSPS) is 15.3. The molecule has 0 bridgehead atoms. The first kappa shape index (κ1) is 29.7. The summed E-state index contributed by atoms with van der Waals surface area (Å²) in [5.74, 6) is 0.744. The van der Waals surface area contributed by atoms with Gasteiger partial charge in [-0.3, -0.25) is 4.90 Å². The number of hydrogen-bond donors (Lipinski definition) is 0. The zero-order chi connectivity index (χ0) is 28.8. The molecule has 0 amide bonds. The summed E-state index contributed by atoms with van der Waals surface area (Å²) in [6.45, 7) is 2.73. The first-order valence-corrected chi connectivity index (χ1v) is 13.1. The quantitative estimate of drug-likeness (QED) is 0.239. The summed E-state index contributed by atoms with van der Waals surface area (Å²) in [5.41, 5.74) is -0.499. The number of anilines is 1. The number of benzene rings is 3. The van der Waals surface area contributed by atoms with Crippen molar-refractivity contribution in [2.75, 3.05) is 38.3 Å². The molecule has 1 aliphatic rings. The van der Waals surface area contributed by atoms with Gasteiger partial charge in [0.1, 0.15) is 12.4 Å². The van der Waals surface area contributed by atoms with Crippen LogP contribution in [0.1, 0.15) is 35.1 Å². The molecule has 4 nitrogen and oxygen atoms in total. The lowest BCUT2D eigenvalue weighted by atomic mass is 10.00. The third kappa shape index (κ3) is 8.14. The summed E-state index contributed by atoms with van der Waals surface area (Å²) in [7, 11) is 1.63. The highest BCUT2D eigenvalue weighted by atomic mass is 19.4. The summed E-state index contributed by atoms with van der Waals surface area (Å²) >= 11 is 0. The Morgan fingerprint density at radius 2 is 1.40 bits per heavy atom. The summed E-state index contributed by atoms with van der Waals surface area (Å²) < 4.78 is 90.8. The van der Waals surface area contributed by atoms with Crippen molar-refractivity contribution >= 4 is 5.69 Å². The number of ether oxygens (including phenoxy) is 2. The van der Waals surface area contributed by atoms with Crippen molar-refractivity contribution in [3.8, 4) is 5.75 Å². The zero-order valence-electron chi connectivity index (χ0n) is 22.1. The Hall–Kier alpha value is -3.24. The standard InChI is InChI=1S/C30H32F6N2O2/c1-39-16-15-38(26-7-9-28(10-8-26)40-21-22-5-3-2-4-6-22)27-11-13-37(14-12-27)20-23-17-24(29(31,32)33)19-25(18-23)30(34,35)36/h2-10,17-19,27H,11-16,20-21H2,1H3. The van der Waals surface area contributed by atoms with Crippen LogP contribution in [-0.2, 0) is 30.2 Å². The monoisotopic (exact) mass is 566 g/mol. The molecule has 3 aromatic rings. The highest BCUT2D eigenvalue weighted by molar-refractivity contribution is 5.50. The van der Waals surface area contributed by atoms with E-state index in [0.29, 0.717) is 45.7 Å². The minimum absolute atomic E-state index is 0.00271. The number of methoxy groups -OCH3 is 1. The molecule has 0 saturated carbocycles. The highest BCUT2D eigenvalue weighted by Crippen LogP contribution is 2.37. The lowest BCUT2D eigenvalue weighted by Crippen LogP contribution is -2.46. The van der Waals surface area contributed by atoms with Crippen molar-refractivity contribution in [3.63, 3.8) is 0 Å². The van der Waals surface area contributed by atoms with Gasteiger partial charge in [-0.25, -0.2) is 0 Å². The molecule has 1 fully saturated rings. The molecule has 3 aromatic carbocycles. The van der Waals surface area contributed by atoms with Crippen molar-refractivity contribution in [3.05, 3.63) is 95.1 Å². The maximum absolute atomic E-state index is 13.3. The van der Waals surface area contributed by atoms with Gasteiger partial charge in [0.15, 0.2) is 0 Å². The van der Waals surface area contributed by atoms with Gasteiger partial charge in [-0.2, -0.15) is 26.3 Å². The molecule has 0 spiro atoms. The van der Waals surface area contributed by atoms with E-state index in [0.717, 1.165) is 29.1 Å². The van der Waals surface area contributed by atoms with Gasteiger partial charge in [-0.15, -0.1) is 0 Å². The fraction of sp³-hybridized carbons (Fsp3) is 0.400. The molecule has 0 atom stereocenters. The molecular formula is C30H32F6N2O2. The van der Waals surface area contributed by atoms with Crippen LogP contribution in [0.5, 0.6) is 5.75 Å². The largest absolute Gasteiger partial charge is 0.489 e. The van der Waals surface area contributed by atoms with E-state index in [1.807, 2.05) is 59.5 Å². The molecule has 0 aromatic heterocycles. The van der Waals surface area contributed by atoms with Gasteiger partial charge in [-0.1, -0.05) is 30.3 Å². The van der Waals surface area contributed by atoms with Crippen LogP contribution in [0, 0.1) is 0 Å². The second-order valence-corrected chi connectivity index (χ2v) is 9.88. The van der Waals surface area contributed by atoms with E-state index < -0.39 is 23.5 Å². The number of halogens is 6. The molecule has 1 heterocycles. The second-order valence-electron chi connectivity index (χ2n) is 9.88. The van der Waals surface area contributed by atoms with Gasteiger partial charge < -0.3 is 14.4 Å². The lowest BCUT2D eigenvalue weighted by molar-refractivity contribution is -0.143. The highest BCUT2D eigenvalue weighted by Gasteiger charge is 2.37. The first-order chi connectivity index (χ1) is 19.0. The lowest BCUT2D eigenvalue weighted by Gasteiger charge is -2.40. The topological polar surface area (TPSA) is 24.9 Å². The van der Waals surface area contributed by atoms with E-state index in [-0.39, 0.29) is 24.2 Å². The summed E-state index contributed by atoms with van der Waals surface area (Å²) in [5, 5.41) is 0. The Bertz CT molecular complexity index is 1180. The Morgan fingerprint density at radius 3 is 1.95 bits per heavy atom. The van der Waals surface area contributed by atoms with E-state index in [4.69, 9.17) is 9.47 Å². The Kier molecular flexibility index (Phi) is 9.63. The SMILES string of the molecule is COCCN(c1ccc(OCc2ccccc2)cc1)C1CCN(Cc2cc(C(F)(F)F)cc(C(F)(F)F)c2)CC1. The predicted molar refractivity (Wildman–Crippen MR) is 141 cm³/mol. The smallest absolute Gasteiger partial charge is 0.416 e. The molecule has 0 aliphatic carbocycles. The fourth-order valence-electron chi connectivity index (χ4n) is 4.94. The maximum Gasteiger partial charge on any atom is 0.416 e. The van der Waals surface area contributed by atoms with Crippen LogP contribution in [0.3, 0.4) is 0 Å².